The molecule has 0 aliphatic heterocycles. The third-order valence-electron chi connectivity index (χ3n) is 5.73. The zero-order valence-corrected chi connectivity index (χ0v) is 18.7. The highest BCUT2D eigenvalue weighted by atomic mass is 32.2. The normalized spacial score (nSPS) is 15.2. The van der Waals surface area contributed by atoms with Gasteiger partial charge in [0.25, 0.3) is 0 Å². The molecule has 3 rings (SSSR count). The van der Waals surface area contributed by atoms with E-state index < -0.39 is 20.9 Å². The van der Waals surface area contributed by atoms with Crippen molar-refractivity contribution < 1.29 is 18.1 Å². The lowest BCUT2D eigenvalue weighted by Crippen LogP contribution is -2.38. The predicted octanol–water partition coefficient (Wildman–Crippen LogP) is 3.00. The van der Waals surface area contributed by atoms with Crippen LogP contribution in [0.15, 0.2) is 29.2 Å². The maximum Gasteiger partial charge on any atom is 0.312 e. The molecule has 1 heterocycles. The van der Waals surface area contributed by atoms with E-state index in [2.05, 4.69) is 10.4 Å². The van der Waals surface area contributed by atoms with Crippen molar-refractivity contribution in [2.75, 3.05) is 12.4 Å². The van der Waals surface area contributed by atoms with Crippen LogP contribution in [0, 0.1) is 24.0 Å². The van der Waals surface area contributed by atoms with Crippen LogP contribution in [0.25, 0.3) is 0 Å². The van der Waals surface area contributed by atoms with Crippen molar-refractivity contribution in [2.24, 2.45) is 0 Å². The maximum atomic E-state index is 13.3. The lowest BCUT2D eigenvalue weighted by molar-refractivity contribution is -0.386. The summed E-state index contributed by atoms with van der Waals surface area (Å²) in [6.45, 7) is 2.75. The summed E-state index contributed by atoms with van der Waals surface area (Å²) in [4.78, 5) is 23.3. The lowest BCUT2D eigenvalue weighted by Gasteiger charge is -2.30. The third kappa shape index (κ3) is 4.77. The molecule has 0 atom stereocenters. The maximum absolute atomic E-state index is 13.3. The third-order valence-corrected chi connectivity index (χ3v) is 7.69. The van der Waals surface area contributed by atoms with Gasteiger partial charge in [-0.3, -0.25) is 19.6 Å². The summed E-state index contributed by atoms with van der Waals surface area (Å²) in [5.41, 5.74) is 0.513. The molecule has 0 radical (unpaired) electrons. The molecule has 1 aromatic heterocycles. The summed E-state index contributed by atoms with van der Waals surface area (Å²) < 4.78 is 29.2. The zero-order chi connectivity index (χ0) is 22.8. The first-order valence-electron chi connectivity index (χ1n) is 10.2. The highest BCUT2D eigenvalue weighted by molar-refractivity contribution is 7.89. The summed E-state index contributed by atoms with van der Waals surface area (Å²) in [7, 11) is -2.22. The fourth-order valence-electron chi connectivity index (χ4n) is 4.02. The van der Waals surface area contributed by atoms with Crippen LogP contribution in [-0.4, -0.2) is 46.4 Å². The van der Waals surface area contributed by atoms with E-state index in [-0.39, 0.29) is 40.2 Å². The fraction of sp³-hybridized carbons (Fsp3) is 0.500. The van der Waals surface area contributed by atoms with Gasteiger partial charge in [-0.1, -0.05) is 31.4 Å². The number of benzene rings is 1. The molecule has 0 spiro atoms. The largest absolute Gasteiger partial charge is 0.323 e. The molecule has 168 valence electrons. The number of carbonyl (C=O) groups is 1. The van der Waals surface area contributed by atoms with Gasteiger partial charge in [0.05, 0.1) is 10.6 Å². The second kappa shape index (κ2) is 9.15. The minimum absolute atomic E-state index is 0.0239. The topological polar surface area (TPSA) is 127 Å². The van der Waals surface area contributed by atoms with Crippen molar-refractivity contribution in [3.05, 3.63) is 45.8 Å². The SMILES string of the molecule is Cc1nn(CC(=O)Nc2ccccc2S(=O)(=O)N(C)C2CCCCC2)c(C)c1[N+](=O)[O-]. The molecule has 1 aliphatic rings. The molecular formula is C20H27N5O5S. The lowest BCUT2D eigenvalue weighted by atomic mass is 9.96. The smallest absolute Gasteiger partial charge is 0.312 e. The van der Waals surface area contributed by atoms with Crippen molar-refractivity contribution in [3.63, 3.8) is 0 Å². The number of aromatic nitrogens is 2. The number of para-hydroxylation sites is 1. The second-order valence-electron chi connectivity index (χ2n) is 7.79. The Hall–Kier alpha value is -2.79. The van der Waals surface area contributed by atoms with Gasteiger partial charge in [0.1, 0.15) is 22.8 Å². The van der Waals surface area contributed by atoms with Crippen LogP contribution in [0.1, 0.15) is 43.5 Å². The number of hydrogen-bond acceptors (Lipinski definition) is 6. The van der Waals surface area contributed by atoms with Gasteiger partial charge in [-0.05, 0) is 38.8 Å². The molecule has 0 unspecified atom stereocenters. The first kappa shape index (κ1) is 22.9. The molecule has 11 heteroatoms. The Morgan fingerprint density at radius 3 is 2.52 bits per heavy atom. The van der Waals surface area contributed by atoms with E-state index in [4.69, 9.17) is 0 Å². The molecular weight excluding hydrogens is 422 g/mol. The van der Waals surface area contributed by atoms with Crippen LogP contribution in [0.3, 0.4) is 0 Å². The minimum atomic E-state index is -3.80. The molecule has 31 heavy (non-hydrogen) atoms. The van der Waals surface area contributed by atoms with Crippen molar-refractivity contribution >= 4 is 27.3 Å². The number of carbonyl (C=O) groups excluding carboxylic acids is 1. The van der Waals surface area contributed by atoms with Gasteiger partial charge >= 0.3 is 5.69 Å². The molecule has 1 aromatic carbocycles. The van der Waals surface area contributed by atoms with Crippen molar-refractivity contribution in [1.29, 1.82) is 0 Å². The summed E-state index contributed by atoms with van der Waals surface area (Å²) in [6, 6.07) is 6.20. The number of nitro groups is 1. The quantitative estimate of drug-likeness (QED) is 0.511. The Kier molecular flexibility index (Phi) is 6.75. The van der Waals surface area contributed by atoms with Crippen molar-refractivity contribution in [3.8, 4) is 0 Å². The standard InChI is InChI=1S/C20H27N5O5S/c1-14-20(25(27)28)15(2)24(22-14)13-19(26)21-17-11-7-8-12-18(17)31(29,30)23(3)16-9-5-4-6-10-16/h7-8,11-12,16H,4-6,9-10,13H2,1-3H3,(H,21,26). The minimum Gasteiger partial charge on any atom is -0.323 e. The molecule has 2 aromatic rings. The Bertz CT molecular complexity index is 1090. The molecule has 10 nitrogen and oxygen atoms in total. The van der Waals surface area contributed by atoms with Gasteiger partial charge in [-0.15, -0.1) is 0 Å². The predicted molar refractivity (Wildman–Crippen MR) is 115 cm³/mol. The highest BCUT2D eigenvalue weighted by Gasteiger charge is 2.31. The molecule has 1 amide bonds. The Morgan fingerprint density at radius 1 is 1.26 bits per heavy atom. The number of hydrogen-bond donors (Lipinski definition) is 1. The van der Waals surface area contributed by atoms with E-state index >= 15 is 0 Å². The van der Waals surface area contributed by atoms with Crippen LogP contribution < -0.4 is 5.32 Å². The Labute approximate surface area is 181 Å². The average molecular weight is 450 g/mol. The van der Waals surface area contributed by atoms with Crippen LogP contribution in [0.5, 0.6) is 0 Å². The molecule has 1 saturated carbocycles. The zero-order valence-electron chi connectivity index (χ0n) is 17.9. The second-order valence-corrected chi connectivity index (χ2v) is 9.76. The van der Waals surface area contributed by atoms with Gasteiger partial charge in [0.2, 0.25) is 15.9 Å². The molecule has 0 saturated heterocycles. The number of nitrogens with zero attached hydrogens (tertiary/aromatic N) is 4. The summed E-state index contributed by atoms with van der Waals surface area (Å²) in [6.07, 6.45) is 4.75. The van der Waals surface area contributed by atoms with Crippen molar-refractivity contribution in [2.45, 2.75) is 63.4 Å². The molecule has 1 fully saturated rings. The summed E-state index contributed by atoms with van der Waals surface area (Å²) in [5.74, 6) is -0.525. The number of aryl methyl sites for hydroxylation is 1. The fourth-order valence-corrected chi connectivity index (χ4v) is 5.58. The van der Waals surface area contributed by atoms with E-state index in [0.29, 0.717) is 0 Å². The van der Waals surface area contributed by atoms with Gasteiger partial charge in [0.15, 0.2) is 0 Å². The number of rotatable bonds is 7. The van der Waals surface area contributed by atoms with Crippen LogP contribution in [-0.2, 0) is 21.4 Å². The van der Waals surface area contributed by atoms with Gasteiger partial charge in [-0.2, -0.15) is 9.40 Å². The van der Waals surface area contributed by atoms with E-state index in [1.165, 1.54) is 35.0 Å². The summed E-state index contributed by atoms with van der Waals surface area (Å²) >= 11 is 0. The molecule has 1 N–H and O–H groups in total. The number of amides is 1. The Balaban J connectivity index is 1.81. The van der Waals surface area contributed by atoms with E-state index in [1.807, 2.05) is 0 Å². The summed E-state index contributed by atoms with van der Waals surface area (Å²) in [5, 5.41) is 17.9. The number of anilines is 1. The Morgan fingerprint density at radius 2 is 1.90 bits per heavy atom. The monoisotopic (exact) mass is 449 g/mol. The number of sulfonamides is 1. The van der Waals surface area contributed by atoms with E-state index in [9.17, 15) is 23.3 Å². The van der Waals surface area contributed by atoms with E-state index in [1.54, 1.807) is 19.2 Å². The average Bonchev–Trinajstić information content (AvgIpc) is 3.01. The van der Waals surface area contributed by atoms with Crippen molar-refractivity contribution in [1.82, 2.24) is 14.1 Å². The number of nitrogens with one attached hydrogen (secondary N) is 1. The van der Waals surface area contributed by atoms with Gasteiger partial charge < -0.3 is 5.32 Å². The van der Waals surface area contributed by atoms with Gasteiger partial charge in [-0.25, -0.2) is 8.42 Å². The van der Waals surface area contributed by atoms with Crippen LogP contribution in [0.4, 0.5) is 11.4 Å². The molecule has 1 aliphatic carbocycles. The van der Waals surface area contributed by atoms with Crippen LogP contribution >= 0.6 is 0 Å². The first-order chi connectivity index (χ1) is 14.6. The molecule has 0 bridgehead atoms. The van der Waals surface area contributed by atoms with E-state index in [0.717, 1.165) is 32.1 Å². The first-order valence-corrected chi connectivity index (χ1v) is 11.6. The highest BCUT2D eigenvalue weighted by Crippen LogP contribution is 2.30. The van der Waals surface area contributed by atoms with Gasteiger partial charge in [0, 0.05) is 13.1 Å². The van der Waals surface area contributed by atoms with Crippen LogP contribution in [0.2, 0.25) is 0 Å².